The first-order valence-electron chi connectivity index (χ1n) is 3.41. The Morgan fingerprint density at radius 3 is 3.10 bits per heavy atom. The average molecular weight is 140 g/mol. The molecular formula is C8H12O2. The van der Waals surface area contributed by atoms with Crippen molar-refractivity contribution in [2.45, 2.75) is 12.8 Å². The van der Waals surface area contributed by atoms with Gasteiger partial charge in [-0.05, 0) is 18.1 Å². The van der Waals surface area contributed by atoms with Gasteiger partial charge in [0, 0.05) is 6.42 Å². The van der Waals surface area contributed by atoms with E-state index < -0.39 is 0 Å². The van der Waals surface area contributed by atoms with Crippen molar-refractivity contribution in [2.24, 2.45) is 0 Å². The van der Waals surface area contributed by atoms with Gasteiger partial charge in [-0.1, -0.05) is 6.08 Å². The monoisotopic (exact) mass is 140 g/mol. The maximum Gasteiger partial charge on any atom is 0.0962 e. The van der Waals surface area contributed by atoms with Gasteiger partial charge in [-0.3, -0.25) is 0 Å². The van der Waals surface area contributed by atoms with Crippen molar-refractivity contribution in [3.05, 3.63) is 23.5 Å². The number of ether oxygens (including phenoxy) is 1. The molecule has 0 unspecified atom stereocenters. The highest BCUT2D eigenvalue weighted by molar-refractivity contribution is 5.25. The molecule has 0 atom stereocenters. The minimum Gasteiger partial charge on any atom is -0.501 e. The highest BCUT2D eigenvalue weighted by atomic mass is 16.5. The summed E-state index contributed by atoms with van der Waals surface area (Å²) in [5.74, 6) is 0.964. The second kappa shape index (κ2) is 3.42. The third-order valence-corrected chi connectivity index (χ3v) is 1.59. The van der Waals surface area contributed by atoms with E-state index in [1.807, 2.05) is 12.2 Å². The van der Waals surface area contributed by atoms with Gasteiger partial charge >= 0.3 is 0 Å². The summed E-state index contributed by atoms with van der Waals surface area (Å²) in [6.45, 7) is 0.118. The number of aliphatic hydroxyl groups excluding tert-OH is 1. The fourth-order valence-corrected chi connectivity index (χ4v) is 1.01. The second-order valence-electron chi connectivity index (χ2n) is 2.29. The number of aliphatic hydroxyl groups is 1. The van der Waals surface area contributed by atoms with E-state index >= 15 is 0 Å². The lowest BCUT2D eigenvalue weighted by atomic mass is 10.1. The topological polar surface area (TPSA) is 29.5 Å². The molecule has 0 fully saturated rings. The molecular weight excluding hydrogens is 128 g/mol. The quantitative estimate of drug-likeness (QED) is 0.625. The van der Waals surface area contributed by atoms with Gasteiger partial charge in [-0.2, -0.15) is 0 Å². The van der Waals surface area contributed by atoms with E-state index in [4.69, 9.17) is 9.84 Å². The van der Waals surface area contributed by atoms with Crippen LogP contribution in [0.2, 0.25) is 0 Å². The van der Waals surface area contributed by atoms with E-state index in [-0.39, 0.29) is 6.61 Å². The molecule has 0 aromatic carbocycles. The maximum atomic E-state index is 8.74. The van der Waals surface area contributed by atoms with Crippen molar-refractivity contribution in [3.8, 4) is 0 Å². The van der Waals surface area contributed by atoms with Crippen LogP contribution in [0.5, 0.6) is 0 Å². The van der Waals surface area contributed by atoms with E-state index in [2.05, 4.69) is 0 Å². The molecule has 0 aromatic rings. The van der Waals surface area contributed by atoms with Crippen LogP contribution in [0, 0.1) is 0 Å². The lowest BCUT2D eigenvalue weighted by Crippen LogP contribution is -1.97. The van der Waals surface area contributed by atoms with Crippen molar-refractivity contribution >= 4 is 0 Å². The number of hydrogen-bond acceptors (Lipinski definition) is 2. The molecule has 2 nitrogen and oxygen atoms in total. The third-order valence-electron chi connectivity index (χ3n) is 1.59. The second-order valence-corrected chi connectivity index (χ2v) is 2.29. The molecule has 1 aliphatic carbocycles. The van der Waals surface area contributed by atoms with Gasteiger partial charge in [0.25, 0.3) is 0 Å². The van der Waals surface area contributed by atoms with Crippen LogP contribution in [0.15, 0.2) is 23.5 Å². The first-order valence-corrected chi connectivity index (χ1v) is 3.41. The molecule has 2 heteroatoms. The highest BCUT2D eigenvalue weighted by Crippen LogP contribution is 2.16. The minimum atomic E-state index is 0.118. The normalized spacial score (nSPS) is 17.8. The molecule has 0 heterocycles. The van der Waals surface area contributed by atoms with Crippen LogP contribution in [0.1, 0.15) is 12.8 Å². The molecule has 1 N–H and O–H groups in total. The van der Waals surface area contributed by atoms with Crippen LogP contribution in [0.3, 0.4) is 0 Å². The summed E-state index contributed by atoms with van der Waals surface area (Å²) in [5.41, 5.74) is 0.961. The first kappa shape index (κ1) is 7.35. The summed E-state index contributed by atoms with van der Waals surface area (Å²) in [5, 5.41) is 8.74. The van der Waals surface area contributed by atoms with Crippen molar-refractivity contribution < 1.29 is 9.84 Å². The van der Waals surface area contributed by atoms with E-state index in [1.165, 1.54) is 0 Å². The molecule has 0 aromatic heterocycles. The van der Waals surface area contributed by atoms with Gasteiger partial charge in [-0.15, -0.1) is 0 Å². The summed E-state index contributed by atoms with van der Waals surface area (Å²) in [7, 11) is 1.66. The zero-order chi connectivity index (χ0) is 7.40. The standard InChI is InChI=1S/C8H12O2/c1-10-8-4-2-3-7(5-8)6-9/h3,5,9H,2,4,6H2,1H3. The van der Waals surface area contributed by atoms with Gasteiger partial charge in [0.1, 0.15) is 0 Å². The van der Waals surface area contributed by atoms with E-state index in [9.17, 15) is 0 Å². The van der Waals surface area contributed by atoms with Crippen molar-refractivity contribution in [1.82, 2.24) is 0 Å². The van der Waals surface area contributed by atoms with Crippen LogP contribution in [-0.4, -0.2) is 18.8 Å². The Labute approximate surface area is 60.8 Å². The molecule has 0 spiro atoms. The Kier molecular flexibility index (Phi) is 2.51. The smallest absolute Gasteiger partial charge is 0.0962 e. The van der Waals surface area contributed by atoms with Crippen molar-refractivity contribution in [3.63, 3.8) is 0 Å². The van der Waals surface area contributed by atoms with E-state index in [0.717, 1.165) is 24.2 Å². The molecule has 56 valence electrons. The summed E-state index contributed by atoms with van der Waals surface area (Å²) in [6, 6.07) is 0. The fraction of sp³-hybridized carbons (Fsp3) is 0.500. The Bertz CT molecular complexity index is 168. The molecule has 10 heavy (non-hydrogen) atoms. The predicted molar refractivity (Wildman–Crippen MR) is 39.5 cm³/mol. The third kappa shape index (κ3) is 1.61. The molecule has 0 aliphatic heterocycles. The maximum absolute atomic E-state index is 8.74. The van der Waals surface area contributed by atoms with Gasteiger partial charge in [-0.25, -0.2) is 0 Å². The van der Waals surface area contributed by atoms with Gasteiger partial charge in [0.05, 0.1) is 19.5 Å². The van der Waals surface area contributed by atoms with Gasteiger partial charge in [0.2, 0.25) is 0 Å². The molecule has 1 rings (SSSR count). The Morgan fingerprint density at radius 2 is 2.50 bits per heavy atom. The first-order chi connectivity index (χ1) is 4.86. The minimum absolute atomic E-state index is 0.118. The van der Waals surface area contributed by atoms with Gasteiger partial charge in [0.15, 0.2) is 0 Å². The number of allylic oxidation sites excluding steroid dienone is 2. The molecule has 0 saturated carbocycles. The van der Waals surface area contributed by atoms with Gasteiger partial charge < -0.3 is 9.84 Å². The Balaban J connectivity index is 2.61. The van der Waals surface area contributed by atoms with Crippen LogP contribution >= 0.6 is 0 Å². The van der Waals surface area contributed by atoms with Crippen molar-refractivity contribution in [1.29, 1.82) is 0 Å². The van der Waals surface area contributed by atoms with Crippen LogP contribution in [0.25, 0.3) is 0 Å². The van der Waals surface area contributed by atoms with Crippen LogP contribution in [0.4, 0.5) is 0 Å². The summed E-state index contributed by atoms with van der Waals surface area (Å²) < 4.78 is 5.03. The molecule has 0 bridgehead atoms. The Hall–Kier alpha value is -0.760. The number of hydrogen-bond donors (Lipinski definition) is 1. The molecule has 0 radical (unpaired) electrons. The Morgan fingerprint density at radius 1 is 1.70 bits per heavy atom. The predicted octanol–water partition coefficient (Wildman–Crippen LogP) is 1.23. The van der Waals surface area contributed by atoms with E-state index in [1.54, 1.807) is 7.11 Å². The molecule has 0 saturated heterocycles. The van der Waals surface area contributed by atoms with Crippen LogP contribution in [-0.2, 0) is 4.74 Å². The van der Waals surface area contributed by atoms with E-state index in [0.29, 0.717) is 0 Å². The zero-order valence-corrected chi connectivity index (χ0v) is 6.13. The summed E-state index contributed by atoms with van der Waals surface area (Å²) in [4.78, 5) is 0. The van der Waals surface area contributed by atoms with Crippen LogP contribution < -0.4 is 0 Å². The van der Waals surface area contributed by atoms with Crippen molar-refractivity contribution in [2.75, 3.05) is 13.7 Å². The number of methoxy groups -OCH3 is 1. The highest BCUT2D eigenvalue weighted by Gasteiger charge is 2.03. The lowest BCUT2D eigenvalue weighted by molar-refractivity contribution is 0.272. The lowest BCUT2D eigenvalue weighted by Gasteiger charge is -2.10. The zero-order valence-electron chi connectivity index (χ0n) is 6.13. The SMILES string of the molecule is COC1=CC(CO)=CCC1. The largest absolute Gasteiger partial charge is 0.501 e. The average Bonchev–Trinajstić information content (AvgIpc) is 2.05. The molecule has 0 amide bonds. The summed E-state index contributed by atoms with van der Waals surface area (Å²) in [6.07, 6.45) is 5.86. The number of rotatable bonds is 2. The fourth-order valence-electron chi connectivity index (χ4n) is 1.01. The molecule has 1 aliphatic rings. The summed E-state index contributed by atoms with van der Waals surface area (Å²) >= 11 is 0.